The van der Waals surface area contributed by atoms with Gasteiger partial charge < -0.3 is 14.4 Å². The molecule has 0 aliphatic rings. The van der Waals surface area contributed by atoms with Gasteiger partial charge in [-0.15, -0.1) is 0 Å². The zero-order chi connectivity index (χ0) is 41.1. The van der Waals surface area contributed by atoms with Crippen molar-refractivity contribution >= 4 is 19.8 Å². The van der Waals surface area contributed by atoms with E-state index in [0.717, 1.165) is 103 Å². The molecule has 0 rings (SSSR count). The standard InChI is InChI=1S/C47H77O8P/c1-4-7-9-11-13-15-17-19-21-23-24-26-28-30-32-34-36-38-40-42-47(49)55-45(44-54-56(50,51)53-6-3)43-52-46(48)41-39-37-35-33-31-29-27-25-22-20-18-16-14-12-10-8-5-2/h7-10,13-16,19-22,24,26,30,32,45H,4-6,11-12,17-18,23,25,27-29,31,33-44H2,1-3H3,(H,50,51)/b9-7-,10-8-,15-13-,16-14-,21-19-,22-20-,26-24-,32-30-. The van der Waals surface area contributed by atoms with Gasteiger partial charge in [-0.3, -0.25) is 18.6 Å². The van der Waals surface area contributed by atoms with Crippen LogP contribution >= 0.6 is 7.82 Å². The SMILES string of the molecule is CC/C=C\C/C=C\C/C=C\C/C=C\C/C=C\CCCCCC(=O)OC(COC(=O)CCCCCCCCC/C=C\C/C=C\C/C=C\CC)COP(=O)(O)OCC. The van der Waals surface area contributed by atoms with Crippen LogP contribution < -0.4 is 0 Å². The fourth-order valence-corrected chi connectivity index (χ4v) is 6.07. The van der Waals surface area contributed by atoms with Crippen molar-refractivity contribution in [2.45, 2.75) is 168 Å². The summed E-state index contributed by atoms with van der Waals surface area (Å²) in [6.45, 7) is 5.18. The smallest absolute Gasteiger partial charge is 0.462 e. The van der Waals surface area contributed by atoms with Gasteiger partial charge in [-0.05, 0) is 96.8 Å². The van der Waals surface area contributed by atoms with E-state index in [-0.39, 0.29) is 26.1 Å². The van der Waals surface area contributed by atoms with Crippen molar-refractivity contribution in [1.29, 1.82) is 0 Å². The van der Waals surface area contributed by atoms with E-state index in [1.165, 1.54) is 19.3 Å². The molecule has 0 radical (unpaired) electrons. The van der Waals surface area contributed by atoms with Gasteiger partial charge in [-0.1, -0.05) is 150 Å². The first kappa shape index (κ1) is 53.0. The third kappa shape index (κ3) is 40.6. The summed E-state index contributed by atoms with van der Waals surface area (Å²) in [6.07, 6.45) is 54.6. The molecule has 9 heteroatoms. The molecule has 0 aromatic carbocycles. The molecule has 318 valence electrons. The van der Waals surface area contributed by atoms with E-state index in [4.69, 9.17) is 18.5 Å². The van der Waals surface area contributed by atoms with Crippen LogP contribution in [0.5, 0.6) is 0 Å². The first-order valence-corrected chi connectivity index (χ1v) is 23.0. The van der Waals surface area contributed by atoms with Crippen LogP contribution in [-0.2, 0) is 32.7 Å². The molecular weight excluding hydrogens is 723 g/mol. The molecule has 0 fully saturated rings. The van der Waals surface area contributed by atoms with Gasteiger partial charge >= 0.3 is 19.8 Å². The fourth-order valence-electron chi connectivity index (χ4n) is 5.32. The van der Waals surface area contributed by atoms with Gasteiger partial charge in [0.05, 0.1) is 13.2 Å². The van der Waals surface area contributed by atoms with E-state index in [2.05, 4.69) is 111 Å². The molecule has 0 amide bonds. The van der Waals surface area contributed by atoms with Crippen LogP contribution in [0.4, 0.5) is 0 Å². The van der Waals surface area contributed by atoms with E-state index in [1.54, 1.807) is 6.92 Å². The van der Waals surface area contributed by atoms with E-state index in [1.807, 2.05) is 0 Å². The molecule has 56 heavy (non-hydrogen) atoms. The van der Waals surface area contributed by atoms with Crippen LogP contribution in [0, 0.1) is 0 Å². The third-order valence-corrected chi connectivity index (χ3v) is 9.45. The first-order chi connectivity index (χ1) is 27.3. The average molecular weight is 801 g/mol. The van der Waals surface area contributed by atoms with Crippen molar-refractivity contribution in [3.63, 3.8) is 0 Å². The number of allylic oxidation sites excluding steroid dienone is 16. The van der Waals surface area contributed by atoms with Crippen LogP contribution in [0.1, 0.15) is 162 Å². The summed E-state index contributed by atoms with van der Waals surface area (Å²) in [4.78, 5) is 34.8. The highest BCUT2D eigenvalue weighted by Gasteiger charge is 2.25. The second-order valence-corrected chi connectivity index (χ2v) is 15.0. The number of unbranched alkanes of at least 4 members (excludes halogenated alkanes) is 10. The molecule has 0 spiro atoms. The minimum absolute atomic E-state index is 0.0139. The molecule has 8 nitrogen and oxygen atoms in total. The Balaban J connectivity index is 4.19. The molecule has 0 bridgehead atoms. The van der Waals surface area contributed by atoms with Crippen molar-refractivity contribution in [3.05, 3.63) is 97.2 Å². The highest BCUT2D eigenvalue weighted by molar-refractivity contribution is 7.47. The predicted molar refractivity (Wildman–Crippen MR) is 234 cm³/mol. The van der Waals surface area contributed by atoms with E-state index in [0.29, 0.717) is 6.42 Å². The summed E-state index contributed by atoms with van der Waals surface area (Å²) in [5.41, 5.74) is 0. The number of carbonyl (C=O) groups is 2. The number of hydrogen-bond donors (Lipinski definition) is 1. The first-order valence-electron chi connectivity index (χ1n) is 21.5. The summed E-state index contributed by atoms with van der Waals surface area (Å²) in [5.74, 6) is -0.856. The van der Waals surface area contributed by atoms with E-state index in [9.17, 15) is 19.0 Å². The lowest BCUT2D eigenvalue weighted by Crippen LogP contribution is -2.29. The highest BCUT2D eigenvalue weighted by Crippen LogP contribution is 2.43. The topological polar surface area (TPSA) is 108 Å². The Bertz CT molecular complexity index is 1230. The van der Waals surface area contributed by atoms with Gasteiger partial charge in [0.25, 0.3) is 0 Å². The molecule has 0 saturated carbocycles. The van der Waals surface area contributed by atoms with Crippen molar-refractivity contribution in [2.75, 3.05) is 19.8 Å². The van der Waals surface area contributed by atoms with Crippen molar-refractivity contribution in [1.82, 2.24) is 0 Å². The quantitative estimate of drug-likeness (QED) is 0.0285. The van der Waals surface area contributed by atoms with Gasteiger partial charge in [0.15, 0.2) is 6.10 Å². The number of esters is 2. The van der Waals surface area contributed by atoms with Crippen molar-refractivity contribution in [2.24, 2.45) is 0 Å². The Morgan fingerprint density at radius 1 is 0.482 bits per heavy atom. The van der Waals surface area contributed by atoms with Crippen molar-refractivity contribution in [3.8, 4) is 0 Å². The van der Waals surface area contributed by atoms with Crippen LogP contribution in [0.15, 0.2) is 97.2 Å². The zero-order valence-electron chi connectivity index (χ0n) is 35.2. The Labute approximate surface area is 341 Å². The Kier molecular flexibility index (Phi) is 39.3. The summed E-state index contributed by atoms with van der Waals surface area (Å²) in [6, 6.07) is 0. The number of phosphoric acid groups is 1. The Morgan fingerprint density at radius 2 is 0.857 bits per heavy atom. The minimum atomic E-state index is -4.30. The molecule has 2 atom stereocenters. The maximum Gasteiger partial charge on any atom is 0.472 e. The molecule has 1 N–H and O–H groups in total. The van der Waals surface area contributed by atoms with Gasteiger partial charge in [-0.25, -0.2) is 4.57 Å². The molecule has 0 heterocycles. The molecule has 0 saturated heterocycles. The lowest BCUT2D eigenvalue weighted by molar-refractivity contribution is -0.161. The normalized spacial score (nSPS) is 14.3. The fraction of sp³-hybridized carbons (Fsp3) is 0.617. The zero-order valence-corrected chi connectivity index (χ0v) is 36.1. The largest absolute Gasteiger partial charge is 0.472 e. The highest BCUT2D eigenvalue weighted by atomic mass is 31.2. The average Bonchev–Trinajstić information content (AvgIpc) is 3.18. The van der Waals surface area contributed by atoms with Crippen LogP contribution in [0.25, 0.3) is 0 Å². The maximum atomic E-state index is 12.6. The predicted octanol–water partition coefficient (Wildman–Crippen LogP) is 13.7. The summed E-state index contributed by atoms with van der Waals surface area (Å²) in [5, 5.41) is 0. The number of carbonyl (C=O) groups excluding carboxylic acids is 2. The monoisotopic (exact) mass is 801 g/mol. The van der Waals surface area contributed by atoms with Gasteiger partial charge in [0.1, 0.15) is 6.61 Å². The van der Waals surface area contributed by atoms with E-state index >= 15 is 0 Å². The Morgan fingerprint density at radius 3 is 1.30 bits per heavy atom. The number of phosphoric ester groups is 1. The van der Waals surface area contributed by atoms with Crippen LogP contribution in [-0.4, -0.2) is 42.8 Å². The van der Waals surface area contributed by atoms with Crippen LogP contribution in [0.3, 0.4) is 0 Å². The summed E-state index contributed by atoms with van der Waals surface area (Å²) < 4.78 is 32.6. The van der Waals surface area contributed by atoms with Gasteiger partial charge in [-0.2, -0.15) is 0 Å². The second-order valence-electron chi connectivity index (χ2n) is 13.6. The van der Waals surface area contributed by atoms with Crippen LogP contribution in [0.2, 0.25) is 0 Å². The van der Waals surface area contributed by atoms with Gasteiger partial charge in [0, 0.05) is 12.8 Å². The summed E-state index contributed by atoms with van der Waals surface area (Å²) >= 11 is 0. The number of ether oxygens (including phenoxy) is 2. The minimum Gasteiger partial charge on any atom is -0.462 e. The van der Waals surface area contributed by atoms with Gasteiger partial charge in [0.2, 0.25) is 0 Å². The molecule has 0 aliphatic heterocycles. The number of hydrogen-bond acceptors (Lipinski definition) is 7. The molecule has 0 aliphatic carbocycles. The molecule has 0 aromatic heterocycles. The van der Waals surface area contributed by atoms with Crippen molar-refractivity contribution < 1.29 is 37.6 Å². The molecule has 2 unspecified atom stereocenters. The third-order valence-electron chi connectivity index (χ3n) is 8.39. The maximum absolute atomic E-state index is 12.6. The second kappa shape index (κ2) is 41.6. The molecule has 0 aromatic rings. The lowest BCUT2D eigenvalue weighted by Gasteiger charge is -2.19. The molecular formula is C47H77O8P. The summed E-state index contributed by atoms with van der Waals surface area (Å²) in [7, 11) is -4.30. The van der Waals surface area contributed by atoms with E-state index < -0.39 is 32.5 Å². The number of rotatable bonds is 38. The lowest BCUT2D eigenvalue weighted by atomic mass is 10.1. The Hall–Kier alpha value is -3.03.